The Morgan fingerprint density at radius 2 is 1.94 bits per heavy atom. The molecule has 1 saturated heterocycles. The molecular weight excluding hydrogens is 422 g/mol. The molecule has 0 bridgehead atoms. The maximum atomic E-state index is 12.4. The smallest absolute Gasteiger partial charge is 0.227 e. The second-order valence-corrected chi connectivity index (χ2v) is 10.2. The van der Waals surface area contributed by atoms with Gasteiger partial charge >= 0.3 is 0 Å². The molecule has 1 aromatic carbocycles. The van der Waals surface area contributed by atoms with Crippen molar-refractivity contribution in [3.8, 4) is 5.75 Å². The first kappa shape index (κ1) is 21.8. The van der Waals surface area contributed by atoms with Gasteiger partial charge in [0.1, 0.15) is 12.0 Å². The lowest BCUT2D eigenvalue weighted by molar-refractivity contribution is 0.180. The van der Waals surface area contributed by atoms with Crippen molar-refractivity contribution in [2.75, 3.05) is 31.4 Å². The van der Waals surface area contributed by atoms with Crippen LogP contribution in [0.15, 0.2) is 39.7 Å². The molecule has 0 aliphatic carbocycles. The van der Waals surface area contributed by atoms with Gasteiger partial charge in [-0.3, -0.25) is 20.4 Å². The van der Waals surface area contributed by atoms with E-state index in [1.54, 1.807) is 0 Å². The Labute approximate surface area is 181 Å². The van der Waals surface area contributed by atoms with E-state index in [0.717, 1.165) is 12.1 Å². The van der Waals surface area contributed by atoms with E-state index in [-0.39, 0.29) is 17.1 Å². The van der Waals surface area contributed by atoms with Crippen LogP contribution in [0.5, 0.6) is 5.75 Å². The second kappa shape index (κ2) is 8.99. The van der Waals surface area contributed by atoms with Crippen LogP contribution in [0.2, 0.25) is 0 Å². The number of ether oxygens (including phenoxy) is 1. The minimum atomic E-state index is -3.15. The van der Waals surface area contributed by atoms with Crippen molar-refractivity contribution in [2.24, 2.45) is 5.92 Å². The molecule has 0 spiro atoms. The summed E-state index contributed by atoms with van der Waals surface area (Å²) in [5.74, 6) is 0.947. The van der Waals surface area contributed by atoms with Gasteiger partial charge in [-0.1, -0.05) is 6.07 Å². The molecule has 0 saturated carbocycles. The van der Waals surface area contributed by atoms with Crippen LogP contribution in [0.4, 0.5) is 5.69 Å². The SMILES string of the molecule is CS(=O)(=O)N1CCC(COc2coc(CN3Cc4ccc(NO)cc4C3)cc2=O)CC1. The normalized spacial score (nSPS) is 18.1. The lowest BCUT2D eigenvalue weighted by atomic mass is 9.99. The molecule has 0 atom stereocenters. The zero-order valence-corrected chi connectivity index (χ0v) is 18.2. The Morgan fingerprint density at radius 3 is 2.61 bits per heavy atom. The van der Waals surface area contributed by atoms with E-state index in [1.807, 2.05) is 18.2 Å². The maximum Gasteiger partial charge on any atom is 0.227 e. The fourth-order valence-corrected chi connectivity index (χ4v) is 4.98. The molecule has 10 heteroatoms. The van der Waals surface area contributed by atoms with Gasteiger partial charge in [0.05, 0.1) is 25.1 Å². The first-order chi connectivity index (χ1) is 14.8. The molecule has 4 rings (SSSR count). The molecule has 0 amide bonds. The molecule has 2 N–H and O–H groups in total. The number of nitrogens with zero attached hydrogens (tertiary/aromatic N) is 2. The van der Waals surface area contributed by atoms with Crippen molar-refractivity contribution >= 4 is 15.7 Å². The summed E-state index contributed by atoms with van der Waals surface area (Å²) in [5.41, 5.74) is 4.89. The molecule has 168 valence electrons. The summed E-state index contributed by atoms with van der Waals surface area (Å²) < 4.78 is 36.0. The predicted molar refractivity (Wildman–Crippen MR) is 114 cm³/mol. The van der Waals surface area contributed by atoms with Crippen LogP contribution >= 0.6 is 0 Å². The van der Waals surface area contributed by atoms with Crippen molar-refractivity contribution in [1.82, 2.24) is 9.21 Å². The first-order valence-corrected chi connectivity index (χ1v) is 12.1. The standard InChI is InChI=1S/C21H27N3O6S/c1-31(27,28)24-6-4-15(5-7-24)13-30-21-14-29-19(9-20(21)25)12-23-10-16-2-3-18(22-26)8-17(16)11-23/h2-3,8-9,14-15,22,26H,4-7,10-13H2,1H3. The average molecular weight is 450 g/mol. The highest BCUT2D eigenvalue weighted by atomic mass is 32.2. The molecular formula is C21H27N3O6S. The number of piperidine rings is 1. The molecule has 1 fully saturated rings. The Bertz CT molecular complexity index is 1090. The Kier molecular flexibility index (Phi) is 6.33. The maximum absolute atomic E-state index is 12.4. The summed E-state index contributed by atoms with van der Waals surface area (Å²) in [4.78, 5) is 14.6. The molecule has 31 heavy (non-hydrogen) atoms. The minimum Gasteiger partial charge on any atom is -0.486 e. The minimum absolute atomic E-state index is 0.178. The highest BCUT2D eigenvalue weighted by molar-refractivity contribution is 7.88. The third-order valence-electron chi connectivity index (χ3n) is 5.87. The molecule has 9 nitrogen and oxygen atoms in total. The third-order valence-corrected chi connectivity index (χ3v) is 7.18. The first-order valence-electron chi connectivity index (χ1n) is 10.3. The van der Waals surface area contributed by atoms with Gasteiger partial charge in [-0.15, -0.1) is 0 Å². The van der Waals surface area contributed by atoms with Crippen molar-refractivity contribution in [2.45, 2.75) is 32.5 Å². The average Bonchev–Trinajstić information content (AvgIpc) is 3.14. The Hall–Kier alpha value is -2.40. The van der Waals surface area contributed by atoms with Gasteiger partial charge in [0, 0.05) is 32.2 Å². The van der Waals surface area contributed by atoms with Crippen LogP contribution in [0.25, 0.3) is 0 Å². The molecule has 2 aliphatic heterocycles. The van der Waals surface area contributed by atoms with Crippen molar-refractivity contribution in [3.05, 3.63) is 57.6 Å². The number of anilines is 1. The van der Waals surface area contributed by atoms with Crippen LogP contribution in [-0.2, 0) is 29.7 Å². The van der Waals surface area contributed by atoms with E-state index in [1.165, 1.54) is 28.5 Å². The number of sulfonamides is 1. The molecule has 1 aromatic heterocycles. The van der Waals surface area contributed by atoms with Crippen LogP contribution in [0, 0.1) is 5.92 Å². The van der Waals surface area contributed by atoms with Crippen LogP contribution < -0.4 is 15.6 Å². The van der Waals surface area contributed by atoms with Crippen LogP contribution in [0.3, 0.4) is 0 Å². The van der Waals surface area contributed by atoms with Gasteiger partial charge in [-0.2, -0.15) is 0 Å². The van der Waals surface area contributed by atoms with Crippen LogP contribution in [0.1, 0.15) is 29.7 Å². The second-order valence-electron chi connectivity index (χ2n) is 8.23. The summed E-state index contributed by atoms with van der Waals surface area (Å²) in [6.45, 7) is 3.28. The van der Waals surface area contributed by atoms with Gasteiger partial charge in [-0.05, 0) is 42.0 Å². The molecule has 2 aliphatic rings. The highest BCUT2D eigenvalue weighted by Gasteiger charge is 2.25. The van der Waals surface area contributed by atoms with Gasteiger partial charge in [0.25, 0.3) is 0 Å². The summed E-state index contributed by atoms with van der Waals surface area (Å²) in [6, 6.07) is 7.16. The van der Waals surface area contributed by atoms with Gasteiger partial charge < -0.3 is 9.15 Å². The molecule has 0 unspecified atom stereocenters. The number of hydrogen-bond acceptors (Lipinski definition) is 8. The fourth-order valence-electron chi connectivity index (χ4n) is 4.11. The fraction of sp³-hybridized carbons (Fsp3) is 0.476. The van der Waals surface area contributed by atoms with E-state index < -0.39 is 10.0 Å². The van der Waals surface area contributed by atoms with Crippen molar-refractivity contribution in [3.63, 3.8) is 0 Å². The lowest BCUT2D eigenvalue weighted by Gasteiger charge is -2.29. The van der Waals surface area contributed by atoms with Crippen molar-refractivity contribution in [1.29, 1.82) is 0 Å². The molecule has 0 radical (unpaired) electrons. The van der Waals surface area contributed by atoms with Crippen LogP contribution in [-0.4, -0.2) is 48.8 Å². The van der Waals surface area contributed by atoms with E-state index in [4.69, 9.17) is 14.4 Å². The monoisotopic (exact) mass is 449 g/mol. The Balaban J connectivity index is 1.29. The summed E-state index contributed by atoms with van der Waals surface area (Å²) in [5, 5.41) is 9.05. The lowest BCUT2D eigenvalue weighted by Crippen LogP contribution is -2.39. The topological polar surface area (TPSA) is 112 Å². The summed E-state index contributed by atoms with van der Waals surface area (Å²) >= 11 is 0. The van der Waals surface area contributed by atoms with E-state index in [9.17, 15) is 13.2 Å². The number of hydrogen-bond donors (Lipinski definition) is 2. The number of nitrogens with one attached hydrogen (secondary N) is 1. The summed E-state index contributed by atoms with van der Waals surface area (Å²) in [7, 11) is -3.15. The summed E-state index contributed by atoms with van der Waals surface area (Å²) in [6.07, 6.45) is 4.00. The van der Waals surface area contributed by atoms with Crippen molar-refractivity contribution < 1.29 is 22.8 Å². The van der Waals surface area contributed by atoms with Gasteiger partial charge in [0.15, 0.2) is 0 Å². The van der Waals surface area contributed by atoms with Gasteiger partial charge in [-0.25, -0.2) is 12.7 Å². The number of rotatable bonds is 7. The highest BCUT2D eigenvalue weighted by Crippen LogP contribution is 2.27. The quantitative estimate of drug-likeness (QED) is 0.618. The third kappa shape index (κ3) is 5.27. The number of fused-ring (bicyclic) bond motifs is 1. The predicted octanol–water partition coefficient (Wildman–Crippen LogP) is 2.01. The van der Waals surface area contributed by atoms with E-state index >= 15 is 0 Å². The Morgan fingerprint density at radius 1 is 1.19 bits per heavy atom. The molecule has 3 heterocycles. The largest absolute Gasteiger partial charge is 0.486 e. The zero-order chi connectivity index (χ0) is 22.0. The zero-order valence-electron chi connectivity index (χ0n) is 17.4. The van der Waals surface area contributed by atoms with E-state index in [0.29, 0.717) is 57.1 Å². The van der Waals surface area contributed by atoms with Gasteiger partial charge in [0.2, 0.25) is 21.2 Å². The molecule has 2 aromatic rings. The van der Waals surface area contributed by atoms with E-state index in [2.05, 4.69) is 10.4 Å². The number of benzene rings is 1.